The molecule has 1 saturated carbocycles. The minimum atomic E-state index is -0.148. The van der Waals surface area contributed by atoms with E-state index < -0.39 is 0 Å². The molecular formula is C18H17ClN4O2. The van der Waals surface area contributed by atoms with Crippen LogP contribution in [0.2, 0.25) is 5.02 Å². The van der Waals surface area contributed by atoms with E-state index in [4.69, 9.17) is 16.0 Å². The Morgan fingerprint density at radius 2 is 2.20 bits per heavy atom. The predicted octanol–water partition coefficient (Wildman–Crippen LogP) is 4.02. The average molecular weight is 357 g/mol. The van der Waals surface area contributed by atoms with Gasteiger partial charge in [-0.05, 0) is 49.6 Å². The molecule has 1 aliphatic carbocycles. The highest BCUT2D eigenvalue weighted by Crippen LogP contribution is 2.39. The molecular weight excluding hydrogens is 340 g/mol. The number of aromatic nitrogens is 3. The summed E-state index contributed by atoms with van der Waals surface area (Å²) in [5.74, 6) is 1.38. The number of rotatable bonds is 5. The van der Waals surface area contributed by atoms with Crippen LogP contribution >= 0.6 is 11.6 Å². The molecule has 0 aliphatic heterocycles. The second-order valence-electron chi connectivity index (χ2n) is 6.25. The fraction of sp³-hybridized carbons (Fsp3) is 0.278. The number of aryl methyl sites for hydroxylation is 1. The van der Waals surface area contributed by atoms with E-state index in [0.717, 1.165) is 24.1 Å². The van der Waals surface area contributed by atoms with Crippen molar-refractivity contribution in [2.75, 3.05) is 5.32 Å². The molecule has 1 amide bonds. The van der Waals surface area contributed by atoms with Crippen LogP contribution in [0.25, 0.3) is 11.6 Å². The van der Waals surface area contributed by atoms with Crippen LogP contribution < -0.4 is 5.32 Å². The average Bonchev–Trinajstić information content (AvgIpc) is 3.13. The molecule has 6 nitrogen and oxygen atoms in total. The van der Waals surface area contributed by atoms with Crippen LogP contribution in [0.5, 0.6) is 0 Å². The van der Waals surface area contributed by atoms with E-state index in [2.05, 4.69) is 15.5 Å². The van der Waals surface area contributed by atoms with Crippen LogP contribution in [0.4, 0.5) is 5.69 Å². The monoisotopic (exact) mass is 356 g/mol. The Kier molecular flexibility index (Phi) is 4.05. The van der Waals surface area contributed by atoms with Crippen LogP contribution in [-0.2, 0) is 11.3 Å². The van der Waals surface area contributed by atoms with Gasteiger partial charge in [0.05, 0.1) is 0 Å². The Morgan fingerprint density at radius 1 is 1.36 bits per heavy atom. The minimum Gasteiger partial charge on any atom is -0.419 e. The summed E-state index contributed by atoms with van der Waals surface area (Å²) in [5, 5.41) is 11.7. The van der Waals surface area contributed by atoms with E-state index >= 15 is 0 Å². The van der Waals surface area contributed by atoms with E-state index in [9.17, 15) is 4.79 Å². The maximum absolute atomic E-state index is 12.4. The summed E-state index contributed by atoms with van der Waals surface area (Å²) in [7, 11) is 0. The molecule has 0 radical (unpaired) electrons. The Labute approximate surface area is 149 Å². The van der Waals surface area contributed by atoms with Crippen molar-refractivity contribution in [1.29, 1.82) is 0 Å². The molecule has 1 aliphatic rings. The third-order valence-corrected chi connectivity index (χ3v) is 4.44. The quantitative estimate of drug-likeness (QED) is 0.749. The molecule has 128 valence electrons. The van der Waals surface area contributed by atoms with Gasteiger partial charge in [0, 0.05) is 22.8 Å². The van der Waals surface area contributed by atoms with Gasteiger partial charge in [0.15, 0.2) is 0 Å². The van der Waals surface area contributed by atoms with Gasteiger partial charge in [-0.15, -0.1) is 10.2 Å². The van der Waals surface area contributed by atoms with Gasteiger partial charge in [0.2, 0.25) is 11.8 Å². The Hall–Kier alpha value is -2.60. The van der Waals surface area contributed by atoms with Crippen molar-refractivity contribution in [3.63, 3.8) is 0 Å². The smallest absolute Gasteiger partial charge is 0.264 e. The molecule has 1 N–H and O–H groups in total. The summed E-state index contributed by atoms with van der Waals surface area (Å²) in [5.41, 5.74) is 2.40. The fourth-order valence-corrected chi connectivity index (χ4v) is 2.82. The first-order chi connectivity index (χ1) is 12.1. The normalized spacial score (nSPS) is 13.8. The lowest BCUT2D eigenvalue weighted by Crippen LogP contribution is -2.19. The first-order valence-electron chi connectivity index (χ1n) is 8.15. The molecule has 4 rings (SSSR count). The maximum atomic E-state index is 12.4. The van der Waals surface area contributed by atoms with Crippen LogP contribution in [0.1, 0.15) is 30.2 Å². The zero-order chi connectivity index (χ0) is 17.4. The van der Waals surface area contributed by atoms with Gasteiger partial charge in [0.1, 0.15) is 12.2 Å². The molecule has 0 saturated heterocycles. The number of nitrogens with zero attached hydrogens (tertiary/aromatic N) is 3. The predicted molar refractivity (Wildman–Crippen MR) is 94.5 cm³/mol. The summed E-state index contributed by atoms with van der Waals surface area (Å²) in [6.07, 6.45) is 4.02. The van der Waals surface area contributed by atoms with Crippen LogP contribution in [-0.4, -0.2) is 20.7 Å². The van der Waals surface area contributed by atoms with Gasteiger partial charge in [0.25, 0.3) is 5.89 Å². The molecule has 1 fully saturated rings. The summed E-state index contributed by atoms with van der Waals surface area (Å²) < 4.78 is 7.53. The first-order valence-corrected chi connectivity index (χ1v) is 8.53. The van der Waals surface area contributed by atoms with Crippen LogP contribution in [0.3, 0.4) is 0 Å². The topological polar surface area (TPSA) is 73.0 Å². The zero-order valence-electron chi connectivity index (χ0n) is 13.7. The van der Waals surface area contributed by atoms with Crippen LogP contribution in [0.15, 0.2) is 40.9 Å². The molecule has 0 bridgehead atoms. The van der Waals surface area contributed by atoms with Crippen molar-refractivity contribution in [3.8, 4) is 11.6 Å². The molecule has 2 aromatic heterocycles. The molecule has 25 heavy (non-hydrogen) atoms. The Morgan fingerprint density at radius 3 is 3.00 bits per heavy atom. The Bertz CT molecular complexity index is 927. The van der Waals surface area contributed by atoms with Gasteiger partial charge < -0.3 is 14.3 Å². The number of anilines is 1. The summed E-state index contributed by atoms with van der Waals surface area (Å²) in [4.78, 5) is 12.4. The highest BCUT2D eigenvalue weighted by Gasteiger charge is 2.30. The van der Waals surface area contributed by atoms with Crippen molar-refractivity contribution in [1.82, 2.24) is 14.8 Å². The number of hydrogen-bond donors (Lipinski definition) is 1. The minimum absolute atomic E-state index is 0.148. The number of carbonyl (C=O) groups is 1. The number of amides is 1. The van der Waals surface area contributed by atoms with E-state index in [1.807, 2.05) is 31.3 Å². The summed E-state index contributed by atoms with van der Waals surface area (Å²) in [6, 6.07) is 9.13. The zero-order valence-corrected chi connectivity index (χ0v) is 14.5. The van der Waals surface area contributed by atoms with Gasteiger partial charge in [-0.3, -0.25) is 4.79 Å². The standard InChI is InChI=1S/C18H17ClN4O2/c1-11-4-7-13(19)9-14(11)20-16(24)10-23-8-2-3-15(23)18-22-21-17(25-18)12-5-6-12/h2-4,7-9,12H,5-6,10H2,1H3,(H,20,24). The van der Waals surface area contributed by atoms with E-state index in [-0.39, 0.29) is 12.5 Å². The van der Waals surface area contributed by atoms with Crippen LogP contribution in [0, 0.1) is 6.92 Å². The number of carbonyl (C=O) groups excluding carboxylic acids is 1. The van der Waals surface area contributed by atoms with Gasteiger partial charge in [-0.1, -0.05) is 17.7 Å². The van der Waals surface area contributed by atoms with Gasteiger partial charge >= 0.3 is 0 Å². The number of halogens is 1. The van der Waals surface area contributed by atoms with Crippen molar-refractivity contribution >= 4 is 23.2 Å². The third-order valence-electron chi connectivity index (χ3n) is 4.20. The molecule has 0 atom stereocenters. The number of nitrogens with one attached hydrogen (secondary N) is 1. The second-order valence-corrected chi connectivity index (χ2v) is 6.68. The van der Waals surface area contributed by atoms with Crippen molar-refractivity contribution in [3.05, 3.63) is 53.0 Å². The lowest BCUT2D eigenvalue weighted by molar-refractivity contribution is -0.116. The van der Waals surface area contributed by atoms with Crippen molar-refractivity contribution < 1.29 is 9.21 Å². The molecule has 0 spiro atoms. The highest BCUT2D eigenvalue weighted by atomic mass is 35.5. The molecule has 7 heteroatoms. The number of hydrogen-bond acceptors (Lipinski definition) is 4. The van der Waals surface area contributed by atoms with Gasteiger partial charge in [-0.25, -0.2) is 0 Å². The Balaban J connectivity index is 1.50. The van der Waals surface area contributed by atoms with E-state index in [0.29, 0.717) is 28.4 Å². The third kappa shape index (κ3) is 3.44. The van der Waals surface area contributed by atoms with Crippen molar-refractivity contribution in [2.45, 2.75) is 32.2 Å². The van der Waals surface area contributed by atoms with E-state index in [1.165, 1.54) is 0 Å². The lowest BCUT2D eigenvalue weighted by Gasteiger charge is -2.10. The first kappa shape index (κ1) is 15.9. The molecule has 2 heterocycles. The highest BCUT2D eigenvalue weighted by molar-refractivity contribution is 6.31. The largest absolute Gasteiger partial charge is 0.419 e. The molecule has 0 unspecified atom stereocenters. The SMILES string of the molecule is Cc1ccc(Cl)cc1NC(=O)Cn1cccc1-c1nnc(C2CC2)o1. The summed E-state index contributed by atoms with van der Waals surface area (Å²) in [6.45, 7) is 2.07. The summed E-state index contributed by atoms with van der Waals surface area (Å²) >= 11 is 6.00. The van der Waals surface area contributed by atoms with E-state index in [1.54, 1.807) is 16.7 Å². The maximum Gasteiger partial charge on any atom is 0.264 e. The van der Waals surface area contributed by atoms with Crippen molar-refractivity contribution in [2.24, 2.45) is 0 Å². The number of benzene rings is 1. The molecule has 1 aromatic carbocycles. The fourth-order valence-electron chi connectivity index (χ4n) is 2.65. The lowest BCUT2D eigenvalue weighted by atomic mass is 10.2. The second kappa shape index (κ2) is 6.37. The van der Waals surface area contributed by atoms with Gasteiger partial charge in [-0.2, -0.15) is 0 Å². The molecule has 3 aromatic rings.